The quantitative estimate of drug-likeness (QED) is 0.207. The van der Waals surface area contributed by atoms with Crippen molar-refractivity contribution in [2.75, 3.05) is 23.8 Å². The van der Waals surface area contributed by atoms with Crippen LogP contribution in [0.1, 0.15) is 30.4 Å². The summed E-state index contributed by atoms with van der Waals surface area (Å²) in [6, 6.07) is 16.1. The maximum atomic E-state index is 13.5. The molecule has 1 atom stereocenters. The second-order valence-corrected chi connectivity index (χ2v) is 10.3. The summed E-state index contributed by atoms with van der Waals surface area (Å²) in [5.74, 6) is 1.76. The molecular weight excluding hydrogens is 540 g/mol. The van der Waals surface area contributed by atoms with E-state index in [2.05, 4.69) is 30.8 Å². The molecule has 5 rings (SSSR count). The summed E-state index contributed by atoms with van der Waals surface area (Å²) in [4.78, 5) is 30.5. The van der Waals surface area contributed by atoms with Gasteiger partial charge in [0.15, 0.2) is 5.69 Å². The van der Waals surface area contributed by atoms with Gasteiger partial charge in [-0.3, -0.25) is 9.36 Å². The first-order valence-corrected chi connectivity index (χ1v) is 13.9. The third-order valence-electron chi connectivity index (χ3n) is 6.90. The Morgan fingerprint density at radius 2 is 1.93 bits per heavy atom. The second kappa shape index (κ2) is 13.7. The number of ether oxygens (including phenoxy) is 1. The molecule has 210 valence electrons. The summed E-state index contributed by atoms with van der Waals surface area (Å²) in [6.07, 6.45) is 7.60. The van der Waals surface area contributed by atoms with Gasteiger partial charge in [-0.05, 0) is 48.4 Å². The highest BCUT2D eigenvalue weighted by molar-refractivity contribution is 6.30. The zero-order chi connectivity index (χ0) is 28.4. The first-order chi connectivity index (χ1) is 20.1. The molecule has 1 fully saturated rings. The number of hydrogen-bond acceptors (Lipinski definition) is 7. The van der Waals surface area contributed by atoms with Crippen molar-refractivity contribution in [1.29, 1.82) is 0 Å². The van der Waals surface area contributed by atoms with Gasteiger partial charge in [0.2, 0.25) is 11.9 Å². The van der Waals surface area contributed by atoms with Gasteiger partial charge in [0.1, 0.15) is 24.0 Å². The summed E-state index contributed by atoms with van der Waals surface area (Å²) < 4.78 is 7.33. The number of anilines is 2. The van der Waals surface area contributed by atoms with E-state index in [1.165, 1.54) is 0 Å². The summed E-state index contributed by atoms with van der Waals surface area (Å²) in [5, 5.41) is 10.4. The first-order valence-electron chi connectivity index (χ1n) is 13.5. The SMILES string of the molecule is [C-]#[N+]c1ccc(CNC(=O)C(CC2CCOCC2)Nc2cc(-n3ccnc3)nc(NCc3cccc(Cl)c3)n2)cc1. The van der Waals surface area contributed by atoms with Crippen molar-refractivity contribution in [3.8, 4) is 5.82 Å². The average molecular weight is 571 g/mol. The van der Waals surface area contributed by atoms with E-state index in [-0.39, 0.29) is 5.91 Å². The minimum absolute atomic E-state index is 0.123. The lowest BCUT2D eigenvalue weighted by Gasteiger charge is -2.27. The molecule has 11 heteroatoms. The third kappa shape index (κ3) is 8.03. The van der Waals surface area contributed by atoms with E-state index in [1.807, 2.05) is 36.4 Å². The second-order valence-electron chi connectivity index (χ2n) is 9.87. The Morgan fingerprint density at radius 1 is 1.10 bits per heavy atom. The van der Waals surface area contributed by atoms with Crippen LogP contribution in [0.5, 0.6) is 0 Å². The number of benzene rings is 2. The first kappa shape index (κ1) is 28.1. The summed E-state index contributed by atoms with van der Waals surface area (Å²) in [6.45, 7) is 9.37. The van der Waals surface area contributed by atoms with Crippen molar-refractivity contribution in [2.24, 2.45) is 5.92 Å². The van der Waals surface area contributed by atoms with E-state index in [9.17, 15) is 4.79 Å². The number of halogens is 1. The van der Waals surface area contributed by atoms with E-state index in [0.717, 1.165) is 24.0 Å². The molecule has 1 aliphatic rings. The van der Waals surface area contributed by atoms with Gasteiger partial charge in [-0.1, -0.05) is 48.0 Å². The Hall–Kier alpha value is -4.46. The summed E-state index contributed by atoms with van der Waals surface area (Å²) in [7, 11) is 0. The molecule has 0 radical (unpaired) electrons. The van der Waals surface area contributed by atoms with Gasteiger partial charge in [-0.2, -0.15) is 9.97 Å². The molecule has 3 heterocycles. The average Bonchev–Trinajstić information content (AvgIpc) is 3.55. The molecule has 1 aliphatic heterocycles. The topological polar surface area (TPSA) is 110 Å². The Bertz CT molecular complexity index is 1480. The number of carbonyl (C=O) groups excluding carboxylic acids is 1. The lowest BCUT2D eigenvalue weighted by molar-refractivity contribution is -0.122. The molecule has 1 saturated heterocycles. The van der Waals surface area contributed by atoms with Crippen LogP contribution in [-0.4, -0.2) is 44.7 Å². The number of nitrogens with zero attached hydrogens (tertiary/aromatic N) is 5. The van der Waals surface area contributed by atoms with Crippen LogP contribution in [0.15, 0.2) is 73.3 Å². The van der Waals surface area contributed by atoms with Gasteiger partial charge < -0.3 is 20.7 Å². The van der Waals surface area contributed by atoms with E-state index >= 15 is 0 Å². The molecule has 1 unspecified atom stereocenters. The zero-order valence-electron chi connectivity index (χ0n) is 22.5. The van der Waals surface area contributed by atoms with Crippen molar-refractivity contribution < 1.29 is 9.53 Å². The predicted octanol–water partition coefficient (Wildman–Crippen LogP) is 5.39. The van der Waals surface area contributed by atoms with Gasteiger partial charge in [0, 0.05) is 49.8 Å². The minimum Gasteiger partial charge on any atom is -0.381 e. The maximum Gasteiger partial charge on any atom is 0.242 e. The highest BCUT2D eigenvalue weighted by atomic mass is 35.5. The monoisotopic (exact) mass is 570 g/mol. The van der Waals surface area contributed by atoms with E-state index in [1.54, 1.807) is 41.5 Å². The molecule has 0 spiro atoms. The molecule has 0 saturated carbocycles. The lowest BCUT2D eigenvalue weighted by Crippen LogP contribution is -2.41. The normalized spacial score (nSPS) is 14.1. The van der Waals surface area contributed by atoms with Gasteiger partial charge in [0.05, 0.1) is 6.57 Å². The molecule has 2 aromatic carbocycles. The number of carbonyl (C=O) groups is 1. The number of imidazole rings is 1. The van der Waals surface area contributed by atoms with Crippen LogP contribution >= 0.6 is 11.6 Å². The molecule has 0 aliphatic carbocycles. The van der Waals surface area contributed by atoms with Crippen molar-refractivity contribution in [3.63, 3.8) is 0 Å². The fraction of sp³-hybridized carbons (Fsp3) is 0.300. The third-order valence-corrected chi connectivity index (χ3v) is 7.14. The van der Waals surface area contributed by atoms with E-state index in [4.69, 9.17) is 27.9 Å². The Balaban J connectivity index is 1.36. The molecule has 1 amide bonds. The van der Waals surface area contributed by atoms with Crippen molar-refractivity contribution >= 4 is 35.0 Å². The molecule has 0 bridgehead atoms. The number of amides is 1. The smallest absolute Gasteiger partial charge is 0.242 e. The minimum atomic E-state index is -0.521. The van der Waals surface area contributed by atoms with Crippen molar-refractivity contribution in [2.45, 2.75) is 38.4 Å². The number of aromatic nitrogens is 4. The molecule has 10 nitrogen and oxygen atoms in total. The largest absolute Gasteiger partial charge is 0.381 e. The zero-order valence-corrected chi connectivity index (χ0v) is 23.2. The molecule has 4 aromatic rings. The summed E-state index contributed by atoms with van der Waals surface area (Å²) in [5.41, 5.74) is 2.48. The maximum absolute atomic E-state index is 13.5. The molecule has 2 aromatic heterocycles. The van der Waals surface area contributed by atoms with Gasteiger partial charge in [0.25, 0.3) is 0 Å². The van der Waals surface area contributed by atoms with Crippen LogP contribution in [0.2, 0.25) is 5.02 Å². The van der Waals surface area contributed by atoms with Crippen LogP contribution in [0.4, 0.5) is 17.5 Å². The standard InChI is InChI=1S/C30H31ClN8O2/c1-32-25-7-5-22(6-8-25)18-34-29(40)26(16-21-9-13-41-14-10-21)36-27-17-28(39-12-11-33-20-39)38-30(37-27)35-19-23-3-2-4-24(31)15-23/h2-8,11-12,15,17,20-21,26H,9-10,13-14,16,18-19H2,(H,34,40)(H2,35,36,37,38). The molecule has 41 heavy (non-hydrogen) atoms. The Labute approximate surface area is 244 Å². The fourth-order valence-electron chi connectivity index (χ4n) is 4.67. The predicted molar refractivity (Wildman–Crippen MR) is 158 cm³/mol. The van der Waals surface area contributed by atoms with Crippen LogP contribution < -0.4 is 16.0 Å². The molecule has 3 N–H and O–H groups in total. The van der Waals surface area contributed by atoms with Crippen LogP contribution in [-0.2, 0) is 22.6 Å². The van der Waals surface area contributed by atoms with Gasteiger partial charge >= 0.3 is 0 Å². The number of rotatable bonds is 11. The highest BCUT2D eigenvalue weighted by Crippen LogP contribution is 2.23. The van der Waals surface area contributed by atoms with Crippen LogP contribution in [0, 0.1) is 12.5 Å². The summed E-state index contributed by atoms with van der Waals surface area (Å²) >= 11 is 6.15. The van der Waals surface area contributed by atoms with Gasteiger partial charge in [-0.15, -0.1) is 0 Å². The molecular formula is C30H31ClN8O2. The van der Waals surface area contributed by atoms with Crippen LogP contribution in [0.3, 0.4) is 0 Å². The van der Waals surface area contributed by atoms with Gasteiger partial charge in [-0.25, -0.2) is 9.83 Å². The van der Waals surface area contributed by atoms with E-state index < -0.39 is 6.04 Å². The fourth-order valence-corrected chi connectivity index (χ4v) is 4.88. The van der Waals surface area contributed by atoms with Crippen molar-refractivity contribution in [1.82, 2.24) is 24.8 Å². The lowest BCUT2D eigenvalue weighted by atomic mass is 9.92. The van der Waals surface area contributed by atoms with E-state index in [0.29, 0.717) is 66.9 Å². The van der Waals surface area contributed by atoms with Crippen LogP contribution in [0.25, 0.3) is 10.7 Å². The van der Waals surface area contributed by atoms with Crippen molar-refractivity contribution in [3.05, 3.63) is 101 Å². The number of nitrogens with one attached hydrogen (secondary N) is 3. The number of hydrogen-bond donors (Lipinski definition) is 3. The highest BCUT2D eigenvalue weighted by Gasteiger charge is 2.25. The Kier molecular flexibility index (Phi) is 9.41. The Morgan fingerprint density at radius 3 is 2.66 bits per heavy atom.